The SMILES string of the molecule is O=C(O)C(O)Cc1cc(I)c(Oc2cc(I)c(O)c(I)c2)c(I)c1. The summed E-state index contributed by atoms with van der Waals surface area (Å²) in [6.07, 6.45) is -1.39. The van der Waals surface area contributed by atoms with Gasteiger partial charge in [0.15, 0.2) is 11.9 Å². The lowest BCUT2D eigenvalue weighted by atomic mass is 10.1. The molecule has 3 N–H and O–H groups in total. The van der Waals surface area contributed by atoms with Crippen molar-refractivity contribution >= 4 is 96.3 Å². The molecule has 24 heavy (non-hydrogen) atoms. The van der Waals surface area contributed by atoms with Gasteiger partial charge in [0.05, 0.1) is 14.3 Å². The molecule has 0 fully saturated rings. The number of carboxylic acids is 1. The quantitative estimate of drug-likeness (QED) is 0.387. The maximum atomic E-state index is 10.8. The average molecular weight is 778 g/mol. The first-order valence-corrected chi connectivity index (χ1v) is 10.7. The average Bonchev–Trinajstić information content (AvgIpc) is 2.48. The number of benzene rings is 2. The van der Waals surface area contributed by atoms with E-state index in [2.05, 4.69) is 45.2 Å². The van der Waals surface area contributed by atoms with E-state index in [4.69, 9.17) is 9.84 Å². The van der Waals surface area contributed by atoms with E-state index in [1.165, 1.54) is 0 Å². The smallest absolute Gasteiger partial charge is 0.332 e. The van der Waals surface area contributed by atoms with Crippen molar-refractivity contribution in [3.63, 3.8) is 0 Å². The van der Waals surface area contributed by atoms with Crippen LogP contribution < -0.4 is 4.74 Å². The van der Waals surface area contributed by atoms with Crippen LogP contribution in [0.2, 0.25) is 0 Å². The van der Waals surface area contributed by atoms with E-state index in [-0.39, 0.29) is 12.2 Å². The standard InChI is InChI=1S/C15H10I4O5/c16-8-4-7(5-9(17)13(8)21)24-14-10(18)1-6(2-11(14)19)3-12(20)15(22)23/h1-2,4-5,12,20-21H,3H2,(H,22,23). The van der Waals surface area contributed by atoms with Crippen molar-refractivity contribution in [3.05, 3.63) is 44.1 Å². The van der Waals surface area contributed by atoms with E-state index in [0.29, 0.717) is 18.6 Å². The van der Waals surface area contributed by atoms with E-state index < -0.39 is 12.1 Å². The fourth-order valence-electron chi connectivity index (χ4n) is 1.86. The third-order valence-electron chi connectivity index (χ3n) is 2.98. The summed E-state index contributed by atoms with van der Waals surface area (Å²) in [6, 6.07) is 7.07. The number of aliphatic hydroxyl groups is 1. The molecule has 9 heteroatoms. The molecule has 1 unspecified atom stereocenters. The normalized spacial score (nSPS) is 12.0. The van der Waals surface area contributed by atoms with Crippen LogP contribution in [0.25, 0.3) is 0 Å². The molecular weight excluding hydrogens is 768 g/mol. The molecule has 5 nitrogen and oxygen atoms in total. The molecule has 0 amide bonds. The topological polar surface area (TPSA) is 87.0 Å². The van der Waals surface area contributed by atoms with E-state index in [0.717, 1.165) is 12.7 Å². The third-order valence-corrected chi connectivity index (χ3v) is 6.23. The van der Waals surface area contributed by atoms with E-state index >= 15 is 0 Å². The van der Waals surface area contributed by atoms with Gasteiger partial charge in [-0.05, 0) is 120 Å². The van der Waals surface area contributed by atoms with Gasteiger partial charge in [-0.1, -0.05) is 0 Å². The largest absolute Gasteiger partial charge is 0.506 e. The third kappa shape index (κ3) is 5.20. The highest BCUT2D eigenvalue weighted by Crippen LogP contribution is 2.36. The first kappa shape index (κ1) is 20.7. The zero-order valence-corrected chi connectivity index (χ0v) is 20.4. The minimum atomic E-state index is -1.43. The molecule has 0 radical (unpaired) electrons. The molecule has 0 aromatic heterocycles. The van der Waals surface area contributed by atoms with Crippen molar-refractivity contribution in [1.29, 1.82) is 0 Å². The Bertz CT molecular complexity index is 747. The van der Waals surface area contributed by atoms with Crippen molar-refractivity contribution < 1.29 is 24.9 Å². The van der Waals surface area contributed by atoms with Crippen molar-refractivity contribution in [2.45, 2.75) is 12.5 Å². The van der Waals surface area contributed by atoms with Crippen molar-refractivity contribution in [1.82, 2.24) is 0 Å². The molecule has 0 aliphatic carbocycles. The molecule has 0 saturated heterocycles. The van der Waals surface area contributed by atoms with Gasteiger partial charge in [-0.15, -0.1) is 0 Å². The summed E-state index contributed by atoms with van der Waals surface area (Å²) in [4.78, 5) is 10.8. The summed E-state index contributed by atoms with van der Waals surface area (Å²) in [7, 11) is 0. The molecule has 128 valence electrons. The van der Waals surface area contributed by atoms with Gasteiger partial charge in [-0.3, -0.25) is 0 Å². The zero-order chi connectivity index (χ0) is 18.0. The lowest BCUT2D eigenvalue weighted by Gasteiger charge is -2.14. The Labute approximate surface area is 192 Å². The molecule has 1 atom stereocenters. The number of hydrogen-bond donors (Lipinski definition) is 3. The Morgan fingerprint density at radius 3 is 1.96 bits per heavy atom. The lowest BCUT2D eigenvalue weighted by Crippen LogP contribution is -2.22. The van der Waals surface area contributed by atoms with Gasteiger partial charge in [-0.2, -0.15) is 0 Å². The number of hydrogen-bond acceptors (Lipinski definition) is 4. The number of phenolic OH excluding ortho intramolecular Hbond substituents is 1. The Morgan fingerprint density at radius 2 is 1.50 bits per heavy atom. The van der Waals surface area contributed by atoms with Crippen LogP contribution in [0.15, 0.2) is 24.3 Å². The first-order chi connectivity index (χ1) is 11.2. The monoisotopic (exact) mass is 778 g/mol. The van der Waals surface area contributed by atoms with Gasteiger partial charge < -0.3 is 20.1 Å². The summed E-state index contributed by atoms with van der Waals surface area (Å²) in [5.41, 5.74) is 0.723. The molecule has 0 aliphatic rings. The summed E-state index contributed by atoms with van der Waals surface area (Å²) < 4.78 is 8.96. The van der Waals surface area contributed by atoms with Crippen molar-refractivity contribution in [2.24, 2.45) is 0 Å². The molecule has 2 aromatic carbocycles. The molecule has 2 rings (SSSR count). The first-order valence-electron chi connectivity index (χ1n) is 6.43. The maximum absolute atomic E-state index is 10.8. The highest BCUT2D eigenvalue weighted by atomic mass is 127. The van der Waals surface area contributed by atoms with E-state index in [1.807, 2.05) is 45.2 Å². The van der Waals surface area contributed by atoms with Gasteiger partial charge in [0.2, 0.25) is 0 Å². The maximum Gasteiger partial charge on any atom is 0.332 e. The van der Waals surface area contributed by atoms with Gasteiger partial charge in [-0.25, -0.2) is 4.79 Å². The van der Waals surface area contributed by atoms with E-state index in [9.17, 15) is 15.0 Å². The molecule has 2 aromatic rings. The van der Waals surface area contributed by atoms with Gasteiger partial charge in [0.1, 0.15) is 11.5 Å². The van der Waals surface area contributed by atoms with Gasteiger partial charge in [0.25, 0.3) is 0 Å². The molecule has 0 bridgehead atoms. The molecule has 0 aliphatic heterocycles. The van der Waals surface area contributed by atoms with Crippen LogP contribution in [0.3, 0.4) is 0 Å². The summed E-state index contributed by atoms with van der Waals surface area (Å²) >= 11 is 8.31. The second-order valence-corrected chi connectivity index (χ2v) is 9.43. The summed E-state index contributed by atoms with van der Waals surface area (Å²) in [5, 5.41) is 28.1. The minimum Gasteiger partial charge on any atom is -0.506 e. The second-order valence-electron chi connectivity index (χ2n) is 4.78. The van der Waals surface area contributed by atoms with Crippen molar-refractivity contribution in [2.75, 3.05) is 0 Å². The summed E-state index contributed by atoms with van der Waals surface area (Å²) in [5.74, 6) is 0.248. The Hall–Kier alpha value is 0.390. The predicted octanol–water partition coefficient (Wildman–Crippen LogP) is 4.59. The highest BCUT2D eigenvalue weighted by Gasteiger charge is 2.17. The predicted molar refractivity (Wildman–Crippen MR) is 123 cm³/mol. The van der Waals surface area contributed by atoms with Crippen LogP contribution in [0, 0.1) is 14.3 Å². The number of phenols is 1. The number of rotatable bonds is 5. The Morgan fingerprint density at radius 1 is 1.00 bits per heavy atom. The molecule has 0 heterocycles. The van der Waals surface area contributed by atoms with Crippen LogP contribution in [0.1, 0.15) is 5.56 Å². The molecule has 0 saturated carbocycles. The molecular formula is C15H10I4O5. The molecule has 0 spiro atoms. The van der Waals surface area contributed by atoms with Crippen LogP contribution >= 0.6 is 90.4 Å². The number of aliphatic hydroxyl groups excluding tert-OH is 1. The highest BCUT2D eigenvalue weighted by molar-refractivity contribution is 14.1. The van der Waals surface area contributed by atoms with Crippen LogP contribution in [0.4, 0.5) is 0 Å². The lowest BCUT2D eigenvalue weighted by molar-refractivity contribution is -0.146. The van der Waals surface area contributed by atoms with Crippen LogP contribution in [-0.4, -0.2) is 27.4 Å². The minimum absolute atomic E-state index is 0.0383. The number of carboxylic acid groups (broad SMARTS) is 1. The fraction of sp³-hybridized carbons (Fsp3) is 0.133. The second kappa shape index (κ2) is 8.85. The van der Waals surface area contributed by atoms with Crippen LogP contribution in [-0.2, 0) is 11.2 Å². The number of aromatic hydroxyl groups is 1. The van der Waals surface area contributed by atoms with Crippen LogP contribution in [0.5, 0.6) is 17.2 Å². The van der Waals surface area contributed by atoms with E-state index in [1.54, 1.807) is 24.3 Å². The number of aliphatic carboxylic acids is 1. The number of ether oxygens (including phenoxy) is 1. The van der Waals surface area contributed by atoms with Gasteiger partial charge >= 0.3 is 5.97 Å². The zero-order valence-electron chi connectivity index (χ0n) is 11.8. The Kier molecular flexibility index (Phi) is 7.64. The summed E-state index contributed by atoms with van der Waals surface area (Å²) in [6.45, 7) is 0. The number of carbonyl (C=O) groups is 1. The Balaban J connectivity index is 2.30. The number of halogens is 4. The van der Waals surface area contributed by atoms with Crippen molar-refractivity contribution in [3.8, 4) is 17.2 Å². The fourth-order valence-corrected chi connectivity index (χ4v) is 5.69. The van der Waals surface area contributed by atoms with Gasteiger partial charge in [0, 0.05) is 6.42 Å².